The number of nitrogens with zero attached hydrogens (tertiary/aromatic N) is 3. The fourth-order valence-corrected chi connectivity index (χ4v) is 8.74. The molecule has 6 rings (SSSR count). The zero-order valence-corrected chi connectivity index (χ0v) is 33.3. The van der Waals surface area contributed by atoms with Crippen LogP contribution in [0.15, 0.2) is 23.1 Å². The van der Waals surface area contributed by atoms with Crippen LogP contribution in [0.5, 0.6) is 0 Å². The first-order valence-electron chi connectivity index (χ1n) is 21.3. The molecule has 4 fully saturated rings. The largest absolute Gasteiger partial charge is 0.477 e. The highest BCUT2D eigenvalue weighted by Gasteiger charge is 2.46. The van der Waals surface area contributed by atoms with E-state index in [0.29, 0.717) is 37.3 Å². The SMILES string of the molecule is NC[C@H]1O[C@H](O[C@H]2[C@H](OCCCCCCCCCCCCN3CCN(c4cc5c(cc4F)c(=O)c(C(=O)O)cn5C4CC4)CC3)[C@@H](O)[C@H](N)C[C@@H]2N)[C@H](N)C[C@@H]1O. The van der Waals surface area contributed by atoms with Crippen LogP contribution in [0.25, 0.3) is 10.9 Å². The Bertz CT molecular complexity index is 1670. The van der Waals surface area contributed by atoms with Crippen LogP contribution in [0.3, 0.4) is 0 Å². The number of fused-ring (bicyclic) bond motifs is 1. The summed E-state index contributed by atoms with van der Waals surface area (Å²) in [5, 5.41) is 30.7. The molecule has 4 aliphatic rings. The van der Waals surface area contributed by atoms with Crippen LogP contribution >= 0.6 is 0 Å². The number of aliphatic hydroxyl groups is 2. The first-order chi connectivity index (χ1) is 27.5. The minimum absolute atomic E-state index is 0.126. The summed E-state index contributed by atoms with van der Waals surface area (Å²) >= 11 is 0. The molecule has 2 aliphatic heterocycles. The molecule has 0 bridgehead atoms. The van der Waals surface area contributed by atoms with Gasteiger partial charge in [-0.25, -0.2) is 9.18 Å². The molecule has 0 radical (unpaired) electrons. The molecule has 0 unspecified atom stereocenters. The quantitative estimate of drug-likeness (QED) is 0.0951. The smallest absolute Gasteiger partial charge is 0.341 e. The minimum atomic E-state index is -1.29. The molecule has 16 heteroatoms. The van der Waals surface area contributed by atoms with Crippen LogP contribution in [0.2, 0.25) is 0 Å². The Balaban J connectivity index is 0.817. The van der Waals surface area contributed by atoms with E-state index in [4.69, 9.17) is 37.1 Å². The summed E-state index contributed by atoms with van der Waals surface area (Å²) in [5.41, 5.74) is 24.7. The number of hydrogen-bond acceptors (Lipinski definition) is 13. The minimum Gasteiger partial charge on any atom is -0.477 e. The van der Waals surface area contributed by atoms with Gasteiger partial charge in [0.05, 0.1) is 35.6 Å². The number of aromatic carboxylic acids is 1. The fraction of sp³-hybridized carbons (Fsp3) is 0.756. The first kappa shape index (κ1) is 43.8. The molecular weight excluding hydrogens is 737 g/mol. The zero-order valence-electron chi connectivity index (χ0n) is 33.3. The van der Waals surface area contributed by atoms with Crippen molar-refractivity contribution in [1.29, 1.82) is 0 Å². The summed E-state index contributed by atoms with van der Waals surface area (Å²) in [7, 11) is 0. The number of aromatic nitrogens is 1. The van der Waals surface area contributed by atoms with E-state index in [2.05, 4.69) is 4.90 Å². The Labute approximate surface area is 334 Å². The van der Waals surface area contributed by atoms with Crippen LogP contribution in [-0.4, -0.2) is 132 Å². The van der Waals surface area contributed by atoms with Gasteiger partial charge in [-0.05, 0) is 57.2 Å². The Morgan fingerprint density at radius 3 is 2.14 bits per heavy atom. The van der Waals surface area contributed by atoms with Gasteiger partial charge in [-0.2, -0.15) is 0 Å². The van der Waals surface area contributed by atoms with Crippen molar-refractivity contribution in [1.82, 2.24) is 9.47 Å². The molecule has 0 amide bonds. The molecule has 11 N–H and O–H groups in total. The van der Waals surface area contributed by atoms with E-state index in [1.54, 1.807) is 6.07 Å². The lowest BCUT2D eigenvalue weighted by atomic mass is 9.84. The molecule has 2 aromatic rings. The summed E-state index contributed by atoms with van der Waals surface area (Å²) in [6, 6.07) is 1.56. The number of hydrogen-bond donors (Lipinski definition) is 7. The van der Waals surface area contributed by atoms with Gasteiger partial charge in [-0.3, -0.25) is 9.69 Å². The summed E-state index contributed by atoms with van der Waals surface area (Å²) in [6.45, 7) is 4.70. The number of aliphatic hydroxyl groups excluding tert-OH is 2. The summed E-state index contributed by atoms with van der Waals surface area (Å²) in [4.78, 5) is 29.0. The zero-order chi connectivity index (χ0) is 40.6. The lowest BCUT2D eigenvalue weighted by molar-refractivity contribution is -0.272. The number of benzene rings is 1. The highest BCUT2D eigenvalue weighted by atomic mass is 19.1. The van der Waals surface area contributed by atoms with E-state index >= 15 is 4.39 Å². The standard InChI is InChI=1S/C41H66FN7O8/c42-28-19-26-32(49(25-11-12-25)24-27(36(26)51)40(53)54)22-33(28)48-16-14-47(15-17-48)13-9-7-5-3-1-2-4-6-8-10-18-55-39-37(52)29(44)20-30(45)38(39)57-41-31(46)21-34(50)35(23-43)56-41/h19,22,24-25,29-31,34-35,37-39,41,50,52H,1-18,20-21,23,43-46H2,(H,53,54)/t29-,30+,31-,34+,35-,37+,38-,39-,41-/m1/s1. The lowest BCUT2D eigenvalue weighted by Gasteiger charge is -2.45. The van der Waals surface area contributed by atoms with E-state index < -0.39 is 72.2 Å². The monoisotopic (exact) mass is 803 g/mol. The van der Waals surface area contributed by atoms with E-state index in [1.807, 2.05) is 9.47 Å². The van der Waals surface area contributed by atoms with Crippen LogP contribution in [0.1, 0.15) is 106 Å². The maximum atomic E-state index is 15.3. The van der Waals surface area contributed by atoms with Crippen LogP contribution in [0, 0.1) is 5.82 Å². The molecular formula is C41H66FN7O8. The number of unbranched alkanes of at least 4 members (excludes halogenated alkanes) is 9. The molecule has 3 heterocycles. The Hall–Kier alpha value is -2.77. The van der Waals surface area contributed by atoms with Gasteiger partial charge in [0, 0.05) is 69.0 Å². The van der Waals surface area contributed by atoms with Gasteiger partial charge in [0.25, 0.3) is 0 Å². The summed E-state index contributed by atoms with van der Waals surface area (Å²) in [6.07, 6.45) is 10.8. The van der Waals surface area contributed by atoms with Gasteiger partial charge in [0.1, 0.15) is 23.6 Å². The molecule has 1 aromatic heterocycles. The van der Waals surface area contributed by atoms with E-state index in [1.165, 1.54) is 50.8 Å². The number of ether oxygens (including phenoxy) is 3. The molecule has 15 nitrogen and oxygen atoms in total. The first-order valence-corrected chi connectivity index (χ1v) is 21.3. The molecule has 2 saturated heterocycles. The van der Waals surface area contributed by atoms with Crippen LogP contribution in [0.4, 0.5) is 10.1 Å². The Morgan fingerprint density at radius 1 is 0.860 bits per heavy atom. The van der Waals surface area contributed by atoms with Crippen LogP contribution in [-0.2, 0) is 14.2 Å². The highest BCUT2D eigenvalue weighted by Crippen LogP contribution is 2.38. The predicted molar refractivity (Wildman–Crippen MR) is 216 cm³/mol. The molecule has 2 aliphatic carbocycles. The van der Waals surface area contributed by atoms with Crippen molar-refractivity contribution < 1.29 is 38.7 Å². The molecule has 57 heavy (non-hydrogen) atoms. The van der Waals surface area contributed by atoms with Crippen molar-refractivity contribution in [3.8, 4) is 0 Å². The number of halogens is 1. The van der Waals surface area contributed by atoms with Gasteiger partial charge < -0.3 is 61.9 Å². The molecule has 9 atom stereocenters. The maximum Gasteiger partial charge on any atom is 0.341 e. The predicted octanol–water partition coefficient (Wildman–Crippen LogP) is 2.15. The summed E-state index contributed by atoms with van der Waals surface area (Å²) < 4.78 is 35.4. The molecule has 2 saturated carbocycles. The third-order valence-electron chi connectivity index (χ3n) is 12.4. The van der Waals surface area contributed by atoms with Crippen molar-refractivity contribution in [3.05, 3.63) is 39.9 Å². The van der Waals surface area contributed by atoms with E-state index in [0.717, 1.165) is 58.2 Å². The number of pyridine rings is 1. The van der Waals surface area contributed by atoms with Gasteiger partial charge in [0.2, 0.25) is 5.43 Å². The van der Waals surface area contributed by atoms with Gasteiger partial charge in [-0.15, -0.1) is 0 Å². The number of nitrogens with two attached hydrogens (primary N) is 4. The van der Waals surface area contributed by atoms with Crippen LogP contribution < -0.4 is 33.3 Å². The van der Waals surface area contributed by atoms with Crippen molar-refractivity contribution >= 4 is 22.6 Å². The number of carboxylic acid groups (broad SMARTS) is 1. The van der Waals surface area contributed by atoms with E-state index in [-0.39, 0.29) is 30.0 Å². The third-order valence-corrected chi connectivity index (χ3v) is 12.4. The van der Waals surface area contributed by atoms with Crippen molar-refractivity contribution in [2.45, 2.75) is 151 Å². The second-order valence-corrected chi connectivity index (χ2v) is 16.7. The topological polar surface area (TPSA) is 238 Å². The third kappa shape index (κ3) is 11.1. The van der Waals surface area contributed by atoms with Gasteiger partial charge >= 0.3 is 5.97 Å². The average Bonchev–Trinajstić information content (AvgIpc) is 4.03. The Morgan fingerprint density at radius 2 is 1.51 bits per heavy atom. The fourth-order valence-electron chi connectivity index (χ4n) is 8.74. The van der Waals surface area contributed by atoms with Crippen molar-refractivity contribution in [2.24, 2.45) is 22.9 Å². The average molecular weight is 804 g/mol. The second-order valence-electron chi connectivity index (χ2n) is 16.7. The van der Waals surface area contributed by atoms with Gasteiger partial charge in [-0.1, -0.05) is 51.4 Å². The number of anilines is 1. The summed E-state index contributed by atoms with van der Waals surface area (Å²) in [5.74, 6) is -1.77. The number of rotatable bonds is 20. The van der Waals surface area contributed by atoms with E-state index in [9.17, 15) is 24.9 Å². The number of carboxylic acids is 1. The normalized spacial score (nSPS) is 29.9. The highest BCUT2D eigenvalue weighted by molar-refractivity contribution is 5.93. The Kier molecular flexibility index (Phi) is 15.7. The second kappa shape index (κ2) is 20.5. The number of carbonyl (C=O) groups is 1. The van der Waals surface area contributed by atoms with Crippen molar-refractivity contribution in [2.75, 3.05) is 50.8 Å². The van der Waals surface area contributed by atoms with Gasteiger partial charge in [0.15, 0.2) is 6.29 Å². The maximum absolute atomic E-state index is 15.3. The molecule has 320 valence electrons. The lowest BCUT2D eigenvalue weighted by Crippen LogP contribution is -2.65. The molecule has 0 spiro atoms. The van der Waals surface area contributed by atoms with Crippen molar-refractivity contribution in [3.63, 3.8) is 0 Å². The number of piperazine rings is 1. The molecule has 1 aromatic carbocycles.